The first-order chi connectivity index (χ1) is 11.7. The minimum absolute atomic E-state index is 0.0115. The monoisotopic (exact) mass is 386 g/mol. The van der Waals surface area contributed by atoms with Gasteiger partial charge in [0.15, 0.2) is 5.03 Å². The van der Waals surface area contributed by atoms with Crippen molar-refractivity contribution in [3.8, 4) is 0 Å². The third-order valence-corrected chi connectivity index (χ3v) is 6.06. The zero-order valence-electron chi connectivity index (χ0n) is 14.1. The predicted molar refractivity (Wildman–Crippen MR) is 91.9 cm³/mol. The third-order valence-electron chi connectivity index (χ3n) is 4.09. The second-order valence-corrected chi connectivity index (χ2v) is 8.03. The minimum atomic E-state index is -3.97. The number of aromatic nitrogens is 4. The molecule has 2 aromatic heterocycles. The first-order valence-corrected chi connectivity index (χ1v) is 9.58. The van der Waals surface area contributed by atoms with Crippen LogP contribution in [-0.2, 0) is 28.9 Å². The lowest BCUT2D eigenvalue weighted by Gasteiger charge is -2.32. The maximum Gasteiger partial charge on any atom is 0.259 e. The molecular weight excluding hydrogens is 368 g/mol. The van der Waals surface area contributed by atoms with E-state index in [9.17, 15) is 13.2 Å². The van der Waals surface area contributed by atoms with E-state index in [0.717, 1.165) is 5.69 Å². The highest BCUT2D eigenvalue weighted by Crippen LogP contribution is 2.24. The highest BCUT2D eigenvalue weighted by Gasteiger charge is 2.35. The Kier molecular flexibility index (Phi) is 4.60. The molecule has 11 heteroatoms. The Labute approximate surface area is 150 Å². The number of halogens is 1. The number of nitrogens with zero attached hydrogens (tertiary/aromatic N) is 5. The number of sulfonamides is 1. The molecule has 1 amide bonds. The normalized spacial score (nSPS) is 18.8. The highest BCUT2D eigenvalue weighted by atomic mass is 35.5. The predicted octanol–water partition coefficient (Wildman–Crippen LogP) is 0.589. The summed E-state index contributed by atoms with van der Waals surface area (Å²) in [6.07, 6.45) is 2.34. The summed E-state index contributed by atoms with van der Waals surface area (Å²) in [4.78, 5) is 14.4. The molecular formula is C14H19ClN6O3S. The molecule has 25 heavy (non-hydrogen) atoms. The van der Waals surface area contributed by atoms with Gasteiger partial charge in [-0.2, -0.15) is 14.9 Å². The molecule has 0 bridgehead atoms. The second-order valence-electron chi connectivity index (χ2n) is 5.99. The molecule has 1 unspecified atom stereocenters. The Morgan fingerprint density at radius 1 is 1.32 bits per heavy atom. The van der Waals surface area contributed by atoms with Gasteiger partial charge in [-0.1, -0.05) is 11.6 Å². The van der Waals surface area contributed by atoms with Crippen LogP contribution in [0.2, 0.25) is 5.02 Å². The van der Waals surface area contributed by atoms with Gasteiger partial charge in [0.25, 0.3) is 10.0 Å². The molecule has 1 aliphatic rings. The number of anilines is 1. The number of carbonyl (C=O) groups excluding carboxylic acids is 1. The van der Waals surface area contributed by atoms with Gasteiger partial charge in [0.05, 0.1) is 16.9 Å². The van der Waals surface area contributed by atoms with E-state index in [1.165, 1.54) is 17.9 Å². The molecule has 2 aromatic rings. The van der Waals surface area contributed by atoms with Crippen LogP contribution in [0, 0.1) is 6.92 Å². The first-order valence-electron chi connectivity index (χ1n) is 7.72. The van der Waals surface area contributed by atoms with E-state index in [-0.39, 0.29) is 16.0 Å². The van der Waals surface area contributed by atoms with Crippen LogP contribution in [-0.4, -0.2) is 46.5 Å². The van der Waals surface area contributed by atoms with Crippen molar-refractivity contribution in [1.29, 1.82) is 0 Å². The molecule has 3 rings (SSSR count). The largest absolute Gasteiger partial charge is 0.296 e. The van der Waals surface area contributed by atoms with E-state index in [0.29, 0.717) is 25.2 Å². The maximum absolute atomic E-state index is 12.8. The zero-order valence-corrected chi connectivity index (χ0v) is 15.7. The molecule has 1 atom stereocenters. The van der Waals surface area contributed by atoms with Crippen molar-refractivity contribution in [3.05, 3.63) is 23.0 Å². The van der Waals surface area contributed by atoms with Crippen molar-refractivity contribution < 1.29 is 13.2 Å². The summed E-state index contributed by atoms with van der Waals surface area (Å²) >= 11 is 5.92. The number of carbonyl (C=O) groups is 1. The fourth-order valence-electron chi connectivity index (χ4n) is 3.01. The molecule has 3 heterocycles. The number of hydrogen-bond donors (Lipinski definition) is 1. The van der Waals surface area contributed by atoms with Crippen LogP contribution in [0.5, 0.6) is 0 Å². The van der Waals surface area contributed by atoms with Crippen LogP contribution in [0.1, 0.15) is 18.5 Å². The lowest BCUT2D eigenvalue weighted by molar-refractivity contribution is -0.121. The lowest BCUT2D eigenvalue weighted by atomic mass is 10.1. The van der Waals surface area contributed by atoms with Crippen LogP contribution in [0.15, 0.2) is 17.3 Å². The van der Waals surface area contributed by atoms with Gasteiger partial charge in [0.1, 0.15) is 11.9 Å². The van der Waals surface area contributed by atoms with E-state index in [1.54, 1.807) is 22.7 Å². The molecule has 1 saturated heterocycles. The van der Waals surface area contributed by atoms with Gasteiger partial charge >= 0.3 is 0 Å². The van der Waals surface area contributed by atoms with Crippen molar-refractivity contribution in [2.75, 3.05) is 11.4 Å². The summed E-state index contributed by atoms with van der Waals surface area (Å²) in [6.45, 7) is 2.35. The minimum Gasteiger partial charge on any atom is -0.296 e. The van der Waals surface area contributed by atoms with E-state index in [2.05, 4.69) is 14.9 Å². The quantitative estimate of drug-likeness (QED) is 0.828. The molecule has 136 valence electrons. The van der Waals surface area contributed by atoms with Gasteiger partial charge in [-0.25, -0.2) is 8.42 Å². The van der Waals surface area contributed by atoms with Gasteiger partial charge < -0.3 is 0 Å². The molecule has 0 aromatic carbocycles. The molecule has 1 aliphatic heterocycles. The number of hydrogen-bond acceptors (Lipinski definition) is 5. The van der Waals surface area contributed by atoms with Gasteiger partial charge in [0.2, 0.25) is 5.91 Å². The summed E-state index contributed by atoms with van der Waals surface area (Å²) < 4.78 is 30.5. The Hall–Kier alpha value is -1.91. The van der Waals surface area contributed by atoms with Crippen LogP contribution in [0.4, 0.5) is 5.82 Å². The summed E-state index contributed by atoms with van der Waals surface area (Å²) in [7, 11) is -0.744. The van der Waals surface area contributed by atoms with Gasteiger partial charge in [-0.05, 0) is 19.8 Å². The molecule has 9 nitrogen and oxygen atoms in total. The fourth-order valence-corrected chi connectivity index (χ4v) is 4.89. The molecule has 0 spiro atoms. The molecule has 1 fully saturated rings. The van der Waals surface area contributed by atoms with Gasteiger partial charge in [-0.3, -0.25) is 19.1 Å². The van der Waals surface area contributed by atoms with Gasteiger partial charge in [-0.15, -0.1) is 0 Å². The number of aryl methyl sites for hydroxylation is 3. The van der Waals surface area contributed by atoms with Crippen molar-refractivity contribution in [1.82, 2.24) is 24.3 Å². The highest BCUT2D eigenvalue weighted by molar-refractivity contribution is 7.89. The summed E-state index contributed by atoms with van der Waals surface area (Å²) in [5.74, 6) is 0.334. The van der Waals surface area contributed by atoms with Crippen molar-refractivity contribution in [3.63, 3.8) is 0 Å². The van der Waals surface area contributed by atoms with Crippen molar-refractivity contribution in [2.24, 2.45) is 14.1 Å². The maximum atomic E-state index is 12.8. The van der Waals surface area contributed by atoms with E-state index >= 15 is 0 Å². The summed E-state index contributed by atoms with van der Waals surface area (Å²) in [5, 5.41) is 7.92. The first kappa shape index (κ1) is 17.9. The molecule has 1 N–H and O–H groups in total. The smallest absolute Gasteiger partial charge is 0.259 e. The Balaban J connectivity index is 1.86. The van der Waals surface area contributed by atoms with Crippen LogP contribution in [0.3, 0.4) is 0 Å². The lowest BCUT2D eigenvalue weighted by Crippen LogP contribution is -2.53. The van der Waals surface area contributed by atoms with Gasteiger partial charge in [0, 0.05) is 26.7 Å². The second kappa shape index (κ2) is 6.43. The van der Waals surface area contributed by atoms with Crippen molar-refractivity contribution in [2.45, 2.75) is 30.8 Å². The number of amides is 1. The molecule has 0 aliphatic carbocycles. The Morgan fingerprint density at radius 3 is 2.60 bits per heavy atom. The van der Waals surface area contributed by atoms with E-state index in [4.69, 9.17) is 11.6 Å². The standard InChI is InChI=1S/C14H19ClN6O3S/c1-9-7-12(19(2)17-9)21-6-4-5-11(13(21)22)18-25(23,24)14-10(15)8-16-20(14)3/h7-8,11,18H,4-6H2,1-3H3. The molecule has 0 saturated carbocycles. The number of rotatable bonds is 4. The van der Waals surface area contributed by atoms with Crippen molar-refractivity contribution >= 4 is 33.3 Å². The average molecular weight is 387 g/mol. The topological polar surface area (TPSA) is 102 Å². The van der Waals surface area contributed by atoms with E-state index < -0.39 is 16.1 Å². The van der Waals surface area contributed by atoms with E-state index in [1.807, 2.05) is 6.92 Å². The Morgan fingerprint density at radius 2 is 2.04 bits per heavy atom. The molecule has 0 radical (unpaired) electrons. The zero-order chi connectivity index (χ0) is 18.4. The van der Waals surface area contributed by atoms with Crippen LogP contribution >= 0.6 is 11.6 Å². The Bertz CT molecular complexity index is 900. The SMILES string of the molecule is Cc1cc(N2CCCC(NS(=O)(=O)c3c(Cl)cnn3C)C2=O)n(C)n1. The number of piperidine rings is 1. The fraction of sp³-hybridized carbons (Fsp3) is 0.500. The average Bonchev–Trinajstić information content (AvgIpc) is 3.03. The summed E-state index contributed by atoms with van der Waals surface area (Å²) in [6, 6.07) is 0.937. The summed E-state index contributed by atoms with van der Waals surface area (Å²) in [5.41, 5.74) is 0.787. The number of nitrogens with one attached hydrogen (secondary N) is 1. The van der Waals surface area contributed by atoms with Crippen LogP contribution in [0.25, 0.3) is 0 Å². The van der Waals surface area contributed by atoms with Crippen LogP contribution < -0.4 is 9.62 Å². The third kappa shape index (κ3) is 3.29.